The van der Waals surface area contributed by atoms with E-state index in [4.69, 9.17) is 27.6 Å². The molecular formula is C22H18Cl2N4O3. The highest BCUT2D eigenvalue weighted by atomic mass is 35.5. The highest BCUT2D eigenvalue weighted by Crippen LogP contribution is 2.12. The standard InChI is InChI=1S/C22H18Cl2N4O3/c1-13(15-3-7-17(23)8-4-15)25-27-21(29)19-11-12-20(31-19)22(30)28-26-14(2)16-5-9-18(24)10-6-16/h3-12H,1-2H3,(H,27,29)(H,28,30). The first-order chi connectivity index (χ1) is 14.8. The van der Waals surface area contributed by atoms with E-state index < -0.39 is 11.8 Å². The maximum atomic E-state index is 12.2. The molecule has 0 unspecified atom stereocenters. The molecule has 7 nitrogen and oxygen atoms in total. The molecule has 3 aromatic rings. The molecule has 0 aliphatic heterocycles. The number of amides is 2. The molecule has 0 atom stereocenters. The van der Waals surface area contributed by atoms with E-state index >= 15 is 0 Å². The molecule has 0 spiro atoms. The number of furan rings is 1. The van der Waals surface area contributed by atoms with Crippen molar-refractivity contribution in [3.8, 4) is 0 Å². The van der Waals surface area contributed by atoms with Crippen LogP contribution in [0.2, 0.25) is 10.0 Å². The van der Waals surface area contributed by atoms with Crippen molar-refractivity contribution < 1.29 is 14.0 Å². The Morgan fingerprint density at radius 1 is 0.677 bits per heavy atom. The van der Waals surface area contributed by atoms with Gasteiger partial charge >= 0.3 is 11.8 Å². The number of benzene rings is 2. The summed E-state index contributed by atoms with van der Waals surface area (Å²) in [7, 11) is 0. The smallest absolute Gasteiger partial charge is 0.307 e. The Morgan fingerprint density at radius 2 is 1.03 bits per heavy atom. The summed E-state index contributed by atoms with van der Waals surface area (Å²) in [6, 6.07) is 16.8. The third-order valence-electron chi connectivity index (χ3n) is 4.23. The van der Waals surface area contributed by atoms with Crippen LogP contribution in [-0.4, -0.2) is 23.2 Å². The lowest BCUT2D eigenvalue weighted by Gasteiger charge is -2.02. The molecule has 0 aliphatic carbocycles. The predicted octanol–water partition coefficient (Wildman–Crippen LogP) is 4.89. The van der Waals surface area contributed by atoms with Crippen LogP contribution < -0.4 is 10.9 Å². The fourth-order valence-corrected chi connectivity index (χ4v) is 2.72. The summed E-state index contributed by atoms with van der Waals surface area (Å²) in [6.45, 7) is 3.48. The molecule has 2 N–H and O–H groups in total. The average molecular weight is 457 g/mol. The number of rotatable bonds is 6. The number of hydrogen-bond acceptors (Lipinski definition) is 5. The second kappa shape index (κ2) is 10.1. The van der Waals surface area contributed by atoms with Crippen molar-refractivity contribution in [3.63, 3.8) is 0 Å². The van der Waals surface area contributed by atoms with Gasteiger partial charge in [-0.1, -0.05) is 47.5 Å². The van der Waals surface area contributed by atoms with Crippen LogP contribution in [0.1, 0.15) is 46.1 Å². The van der Waals surface area contributed by atoms with E-state index in [2.05, 4.69) is 21.1 Å². The van der Waals surface area contributed by atoms with Gasteiger partial charge < -0.3 is 4.42 Å². The van der Waals surface area contributed by atoms with E-state index in [1.807, 2.05) is 0 Å². The molecule has 3 rings (SSSR count). The molecule has 0 bridgehead atoms. The summed E-state index contributed by atoms with van der Waals surface area (Å²) in [5.74, 6) is -1.30. The van der Waals surface area contributed by atoms with Crippen molar-refractivity contribution in [1.82, 2.24) is 10.9 Å². The van der Waals surface area contributed by atoms with E-state index in [0.717, 1.165) is 11.1 Å². The second-order valence-electron chi connectivity index (χ2n) is 6.45. The maximum Gasteiger partial charge on any atom is 0.307 e. The van der Waals surface area contributed by atoms with Crippen LogP contribution in [-0.2, 0) is 0 Å². The zero-order chi connectivity index (χ0) is 22.4. The van der Waals surface area contributed by atoms with E-state index in [1.54, 1.807) is 62.4 Å². The SMILES string of the molecule is CC(=NNC(=O)c1ccc(C(=O)NN=C(C)c2ccc(Cl)cc2)o1)c1ccc(Cl)cc1. The van der Waals surface area contributed by atoms with Gasteiger partial charge in [0.25, 0.3) is 0 Å². The lowest BCUT2D eigenvalue weighted by atomic mass is 10.1. The third kappa shape index (κ3) is 6.04. The van der Waals surface area contributed by atoms with Crippen molar-refractivity contribution in [2.45, 2.75) is 13.8 Å². The molecule has 2 aromatic carbocycles. The van der Waals surface area contributed by atoms with Crippen LogP contribution >= 0.6 is 23.2 Å². The number of hydrazone groups is 2. The summed E-state index contributed by atoms with van der Waals surface area (Å²) in [5, 5.41) is 9.28. The fourth-order valence-electron chi connectivity index (χ4n) is 2.47. The van der Waals surface area contributed by atoms with Crippen LogP contribution in [0.3, 0.4) is 0 Å². The quantitative estimate of drug-likeness (QED) is 0.407. The minimum absolute atomic E-state index is 0.0591. The molecule has 0 saturated heterocycles. The van der Waals surface area contributed by atoms with Gasteiger partial charge in [0.05, 0.1) is 11.4 Å². The van der Waals surface area contributed by atoms with Crippen molar-refractivity contribution in [1.29, 1.82) is 0 Å². The summed E-state index contributed by atoms with van der Waals surface area (Å²) in [4.78, 5) is 24.5. The molecule has 9 heteroatoms. The van der Waals surface area contributed by atoms with Gasteiger partial charge in [0.2, 0.25) is 0 Å². The van der Waals surface area contributed by atoms with Gasteiger partial charge in [-0.3, -0.25) is 9.59 Å². The van der Waals surface area contributed by atoms with E-state index in [0.29, 0.717) is 21.5 Å². The Morgan fingerprint density at radius 3 is 1.39 bits per heavy atom. The van der Waals surface area contributed by atoms with E-state index in [1.165, 1.54) is 12.1 Å². The van der Waals surface area contributed by atoms with Crippen LogP contribution in [0.15, 0.2) is 75.3 Å². The number of hydrogen-bond donors (Lipinski definition) is 2. The summed E-state index contributed by atoms with van der Waals surface area (Å²) < 4.78 is 5.32. The number of carbonyl (C=O) groups excluding carboxylic acids is 2. The van der Waals surface area contributed by atoms with Gasteiger partial charge in [0.1, 0.15) is 0 Å². The molecule has 0 fully saturated rings. The van der Waals surface area contributed by atoms with E-state index in [9.17, 15) is 9.59 Å². The first kappa shape index (κ1) is 22.3. The second-order valence-corrected chi connectivity index (χ2v) is 7.33. The molecule has 158 valence electrons. The summed E-state index contributed by atoms with van der Waals surface area (Å²) in [5.41, 5.74) is 7.56. The van der Waals surface area contributed by atoms with Crippen LogP contribution in [0.5, 0.6) is 0 Å². The van der Waals surface area contributed by atoms with Gasteiger partial charge in [0, 0.05) is 10.0 Å². The Bertz CT molecular complexity index is 1060. The minimum Gasteiger partial charge on any atom is -0.446 e. The van der Waals surface area contributed by atoms with Gasteiger partial charge in [-0.15, -0.1) is 0 Å². The number of nitrogens with zero attached hydrogens (tertiary/aromatic N) is 2. The van der Waals surface area contributed by atoms with Crippen molar-refractivity contribution in [2.24, 2.45) is 10.2 Å². The minimum atomic E-state index is -0.590. The number of carbonyl (C=O) groups is 2. The lowest BCUT2D eigenvalue weighted by Crippen LogP contribution is -2.20. The molecule has 0 aliphatic rings. The largest absolute Gasteiger partial charge is 0.446 e. The molecule has 1 aromatic heterocycles. The number of halogens is 2. The Labute approximate surface area is 188 Å². The zero-order valence-corrected chi connectivity index (χ0v) is 18.2. The highest BCUT2D eigenvalue weighted by molar-refractivity contribution is 6.31. The average Bonchev–Trinajstić information content (AvgIpc) is 3.27. The topological polar surface area (TPSA) is 96.1 Å². The van der Waals surface area contributed by atoms with Gasteiger partial charge in [-0.05, 0) is 61.4 Å². The van der Waals surface area contributed by atoms with Crippen LogP contribution in [0.25, 0.3) is 0 Å². The first-order valence-corrected chi connectivity index (χ1v) is 9.90. The molecule has 1 heterocycles. The van der Waals surface area contributed by atoms with Crippen LogP contribution in [0.4, 0.5) is 0 Å². The number of nitrogens with one attached hydrogen (secondary N) is 2. The Balaban J connectivity index is 1.60. The van der Waals surface area contributed by atoms with Gasteiger partial charge in [0.15, 0.2) is 11.5 Å². The van der Waals surface area contributed by atoms with E-state index in [-0.39, 0.29) is 11.5 Å². The van der Waals surface area contributed by atoms with Crippen molar-refractivity contribution in [2.75, 3.05) is 0 Å². The molecule has 31 heavy (non-hydrogen) atoms. The van der Waals surface area contributed by atoms with Crippen LogP contribution in [0, 0.1) is 0 Å². The van der Waals surface area contributed by atoms with Gasteiger partial charge in [-0.25, -0.2) is 10.9 Å². The molecule has 0 saturated carbocycles. The monoisotopic (exact) mass is 456 g/mol. The van der Waals surface area contributed by atoms with Gasteiger partial charge in [-0.2, -0.15) is 10.2 Å². The zero-order valence-electron chi connectivity index (χ0n) is 16.6. The Kier molecular flexibility index (Phi) is 7.23. The maximum absolute atomic E-state index is 12.2. The third-order valence-corrected chi connectivity index (χ3v) is 4.73. The lowest BCUT2D eigenvalue weighted by molar-refractivity contribution is 0.0902. The fraction of sp³-hybridized carbons (Fsp3) is 0.0909. The molecule has 0 radical (unpaired) electrons. The van der Waals surface area contributed by atoms with Crippen molar-refractivity contribution in [3.05, 3.63) is 93.4 Å². The molecular weight excluding hydrogens is 439 g/mol. The summed E-state index contributed by atoms with van der Waals surface area (Å²) in [6.07, 6.45) is 0. The first-order valence-electron chi connectivity index (χ1n) is 9.14. The summed E-state index contributed by atoms with van der Waals surface area (Å²) >= 11 is 11.7. The highest BCUT2D eigenvalue weighted by Gasteiger charge is 2.15. The van der Waals surface area contributed by atoms with Crippen molar-refractivity contribution >= 4 is 46.4 Å². The Hall–Kier alpha value is -3.42. The normalized spacial score (nSPS) is 11.9. The predicted molar refractivity (Wildman–Crippen MR) is 121 cm³/mol. The molecule has 2 amide bonds.